The number of carbonyl (C=O) groups excluding carboxylic acids is 2. The molecule has 2 N–H and O–H groups in total. The maximum atomic E-state index is 13.4. The highest BCUT2D eigenvalue weighted by molar-refractivity contribution is 7.92. The first-order valence-corrected chi connectivity index (χ1v) is 14.4. The van der Waals surface area contributed by atoms with Crippen LogP contribution in [-0.2, 0) is 31.3 Å². The minimum Gasteiger partial charge on any atom is -0.454 e. The number of hydrogen-bond acceptors (Lipinski definition) is 7. The van der Waals surface area contributed by atoms with E-state index < -0.39 is 32.3 Å². The molecule has 3 aliphatic rings. The highest BCUT2D eigenvalue weighted by atomic mass is 32.2. The van der Waals surface area contributed by atoms with Gasteiger partial charge in [-0.05, 0) is 67.6 Å². The van der Waals surface area contributed by atoms with E-state index in [2.05, 4.69) is 0 Å². The molecule has 1 aromatic heterocycles. The predicted octanol–water partition coefficient (Wildman–Crippen LogP) is 4.24. The first kappa shape index (κ1) is 24.6. The number of ether oxygens (including phenoxy) is 2. The van der Waals surface area contributed by atoms with Crippen LogP contribution in [0.2, 0.25) is 0 Å². The second kappa shape index (κ2) is 9.23. The lowest BCUT2D eigenvalue weighted by Gasteiger charge is -2.17. The van der Waals surface area contributed by atoms with Crippen molar-refractivity contribution < 1.29 is 30.3 Å². The normalized spacial score (nSPS) is 21.3. The van der Waals surface area contributed by atoms with Crippen molar-refractivity contribution >= 4 is 21.5 Å². The number of sulfone groups is 1. The van der Waals surface area contributed by atoms with Crippen LogP contribution in [0.25, 0.3) is 11.3 Å². The van der Waals surface area contributed by atoms with Crippen LogP contribution in [-0.4, -0.2) is 37.1 Å². The van der Waals surface area contributed by atoms with Gasteiger partial charge in [0.25, 0.3) is 0 Å². The molecule has 0 spiro atoms. The molecular weight excluding hydrogens is 504 g/mol. The molecule has 2 heterocycles. The van der Waals surface area contributed by atoms with Gasteiger partial charge in [0, 0.05) is 20.5 Å². The van der Waals surface area contributed by atoms with Crippen LogP contribution in [0.15, 0.2) is 65.6 Å². The van der Waals surface area contributed by atoms with Gasteiger partial charge in [0.2, 0.25) is 12.7 Å². The first-order chi connectivity index (χ1) is 18.3. The largest absolute Gasteiger partial charge is 0.454 e. The highest BCUT2D eigenvalue weighted by Gasteiger charge is 2.51. The number of hydrogen-bond donors (Lipinski definition) is 1. The van der Waals surface area contributed by atoms with Gasteiger partial charge in [0.05, 0.1) is 27.2 Å². The second-order valence-corrected chi connectivity index (χ2v) is 12.5. The van der Waals surface area contributed by atoms with Crippen LogP contribution < -0.4 is 15.2 Å². The number of fused-ring (bicyclic) bond motifs is 1. The molecule has 2 atom stereocenters. The van der Waals surface area contributed by atoms with Crippen molar-refractivity contribution in [1.29, 1.82) is 0 Å². The molecule has 9 heteroatoms. The number of amides is 1. The van der Waals surface area contributed by atoms with Gasteiger partial charge >= 0.3 is 0 Å². The minimum absolute atomic E-state index is 0. The average molecular weight is 537 g/mol. The van der Waals surface area contributed by atoms with E-state index >= 15 is 0 Å². The second-order valence-electron chi connectivity index (χ2n) is 10.3. The predicted molar refractivity (Wildman–Crippen MR) is 144 cm³/mol. The number of aromatic nitrogens is 1. The lowest BCUT2D eigenvalue weighted by molar-refractivity contribution is -0.122. The molecule has 2 aliphatic carbocycles. The van der Waals surface area contributed by atoms with Crippen LogP contribution in [0.1, 0.15) is 46.2 Å². The van der Waals surface area contributed by atoms with E-state index in [9.17, 15) is 18.0 Å². The van der Waals surface area contributed by atoms with Gasteiger partial charge in [-0.25, -0.2) is 8.42 Å². The molecule has 0 bridgehead atoms. The number of nitrogens with zero attached hydrogens (tertiary/aromatic N) is 1. The number of benzene rings is 2. The summed E-state index contributed by atoms with van der Waals surface area (Å²) in [5.74, 6) is 0.270. The Morgan fingerprint density at radius 2 is 1.76 bits per heavy atom. The maximum absolute atomic E-state index is 13.4. The Hall–Kier alpha value is -3.72. The molecule has 0 saturated heterocycles. The Bertz CT molecular complexity index is 1540. The molecule has 2 saturated carbocycles. The lowest BCUT2D eigenvalue weighted by Crippen LogP contribution is -2.34. The van der Waals surface area contributed by atoms with Crippen LogP contribution >= 0.6 is 0 Å². The Labute approximate surface area is 224 Å². The van der Waals surface area contributed by atoms with Gasteiger partial charge in [0.1, 0.15) is 5.78 Å². The fourth-order valence-corrected chi connectivity index (χ4v) is 7.78. The summed E-state index contributed by atoms with van der Waals surface area (Å²) >= 11 is 0. The van der Waals surface area contributed by atoms with Crippen molar-refractivity contribution in [2.75, 3.05) is 6.79 Å². The van der Waals surface area contributed by atoms with Crippen molar-refractivity contribution in [1.82, 2.24) is 4.98 Å². The standard InChI is InChI=1S/C29H28N2O6S.2H2/c30-28(33)22-4-2-6-26(22)38(34,35)21-10-7-18(8-11-21)23-5-1-3-20(31-23)16-27(32)29(13-14-29)19-9-12-24-25(15-19)37-17-36-24;;/h1,3,5,7-12,15,22,26H,2,4,6,13-14,16-17H2,(H2,30,33);2*1H/t22-,26?;;/m1../s1. The zero-order valence-corrected chi connectivity index (χ0v) is 21.6. The van der Waals surface area contributed by atoms with Gasteiger partial charge in [-0.2, -0.15) is 0 Å². The molecule has 1 unspecified atom stereocenters. The molecule has 200 valence electrons. The number of primary amides is 1. The number of Topliss-reactive ketones (excluding diaryl/α,β-unsaturated/α-hetero) is 1. The molecule has 3 aromatic rings. The van der Waals surface area contributed by atoms with E-state index in [0.717, 1.165) is 24.0 Å². The molecule has 0 radical (unpaired) electrons. The maximum Gasteiger partial charge on any atom is 0.231 e. The molecule has 2 fully saturated rings. The fourth-order valence-electron chi connectivity index (χ4n) is 5.73. The van der Waals surface area contributed by atoms with Gasteiger partial charge < -0.3 is 15.2 Å². The van der Waals surface area contributed by atoms with Crippen molar-refractivity contribution in [3.63, 3.8) is 0 Å². The Kier molecular flexibility index (Phi) is 5.98. The third-order valence-electron chi connectivity index (χ3n) is 8.05. The topological polar surface area (TPSA) is 126 Å². The summed E-state index contributed by atoms with van der Waals surface area (Å²) in [7, 11) is -3.68. The van der Waals surface area contributed by atoms with Crippen molar-refractivity contribution in [2.45, 2.75) is 54.1 Å². The molecule has 6 rings (SSSR count). The summed E-state index contributed by atoms with van der Waals surface area (Å²) in [5.41, 5.74) is 7.94. The number of rotatable bonds is 8. The van der Waals surface area contributed by atoms with E-state index in [1.165, 1.54) is 0 Å². The zero-order chi connectivity index (χ0) is 26.5. The third-order valence-corrected chi connectivity index (χ3v) is 10.3. The monoisotopic (exact) mass is 536 g/mol. The van der Waals surface area contributed by atoms with E-state index in [1.54, 1.807) is 24.3 Å². The average Bonchev–Trinajstić information content (AvgIpc) is 3.33. The summed E-state index contributed by atoms with van der Waals surface area (Å²) in [6.45, 7) is 0.192. The van der Waals surface area contributed by atoms with E-state index in [0.29, 0.717) is 42.1 Å². The summed E-state index contributed by atoms with van der Waals surface area (Å²) in [6.07, 6.45) is 3.38. The van der Waals surface area contributed by atoms with Gasteiger partial charge in [0.15, 0.2) is 21.3 Å². The molecule has 1 amide bonds. The Morgan fingerprint density at radius 3 is 2.50 bits per heavy atom. The number of pyridine rings is 1. The summed E-state index contributed by atoms with van der Waals surface area (Å²) < 4.78 is 37.2. The molecule has 2 aromatic carbocycles. The quantitative estimate of drug-likeness (QED) is 0.456. The Balaban J connectivity index is 0.00000185. The van der Waals surface area contributed by atoms with E-state index in [1.807, 2.05) is 36.4 Å². The molecule has 8 nitrogen and oxygen atoms in total. The van der Waals surface area contributed by atoms with Crippen LogP contribution in [0, 0.1) is 5.92 Å². The lowest BCUT2D eigenvalue weighted by atomic mass is 9.88. The zero-order valence-electron chi connectivity index (χ0n) is 20.8. The van der Waals surface area contributed by atoms with Gasteiger partial charge in [-0.1, -0.05) is 30.7 Å². The van der Waals surface area contributed by atoms with Crippen molar-refractivity contribution in [2.24, 2.45) is 11.7 Å². The number of ketones is 1. The first-order valence-electron chi connectivity index (χ1n) is 12.8. The highest BCUT2D eigenvalue weighted by Crippen LogP contribution is 2.51. The number of nitrogens with two attached hydrogens (primary N) is 1. The fraction of sp³-hybridized carbons (Fsp3) is 0.345. The Morgan fingerprint density at radius 1 is 1.00 bits per heavy atom. The molecular formula is C29H32N2O6S. The van der Waals surface area contributed by atoms with E-state index in [4.69, 9.17) is 20.2 Å². The summed E-state index contributed by atoms with van der Waals surface area (Å²) in [5, 5.41) is -0.780. The summed E-state index contributed by atoms with van der Waals surface area (Å²) in [6, 6.07) is 17.8. The van der Waals surface area contributed by atoms with Crippen LogP contribution in [0.5, 0.6) is 11.5 Å². The van der Waals surface area contributed by atoms with Crippen molar-refractivity contribution in [3.8, 4) is 22.8 Å². The minimum atomic E-state index is -3.68. The van der Waals surface area contributed by atoms with Gasteiger partial charge in [-0.3, -0.25) is 14.6 Å². The SMILES string of the molecule is NC(=O)[C@@H]1CCCC1S(=O)(=O)c1ccc(-c2cccc(CC(=O)C3(c4ccc5c(c4)OCO5)CC3)n2)cc1.[HH].[HH]. The van der Waals surface area contributed by atoms with Crippen LogP contribution in [0.3, 0.4) is 0 Å². The summed E-state index contributed by atoms with van der Waals surface area (Å²) in [4.78, 5) is 30.0. The van der Waals surface area contributed by atoms with Crippen molar-refractivity contribution in [3.05, 3.63) is 71.9 Å². The molecule has 38 heavy (non-hydrogen) atoms. The van der Waals surface area contributed by atoms with Crippen LogP contribution in [0.4, 0.5) is 0 Å². The number of carbonyl (C=O) groups is 2. The third kappa shape index (κ3) is 4.24. The molecule has 1 aliphatic heterocycles. The van der Waals surface area contributed by atoms with Gasteiger partial charge in [-0.15, -0.1) is 0 Å². The smallest absolute Gasteiger partial charge is 0.231 e. The van der Waals surface area contributed by atoms with E-state index in [-0.39, 0.29) is 26.7 Å².